The molecule has 0 saturated carbocycles. The first-order valence-corrected chi connectivity index (χ1v) is 5.81. The Kier molecular flexibility index (Phi) is 5.69. The lowest BCUT2D eigenvalue weighted by Gasteiger charge is -2.30. The standard InChI is InChI=1S/C12H25NO2/c1-7-9-10(3)13(8-2)11(14)15-12(4,5)6/h10H,7-9H2,1-6H3. The quantitative estimate of drug-likeness (QED) is 0.719. The first kappa shape index (κ1) is 14.3. The van der Waals surface area contributed by atoms with Crippen LogP contribution in [-0.4, -0.2) is 29.2 Å². The van der Waals surface area contributed by atoms with E-state index in [9.17, 15) is 4.79 Å². The smallest absolute Gasteiger partial charge is 0.410 e. The number of rotatable bonds is 4. The van der Waals surface area contributed by atoms with E-state index in [-0.39, 0.29) is 12.1 Å². The molecule has 15 heavy (non-hydrogen) atoms. The number of ether oxygens (including phenoxy) is 1. The van der Waals surface area contributed by atoms with Crippen molar-refractivity contribution < 1.29 is 9.53 Å². The van der Waals surface area contributed by atoms with Gasteiger partial charge in [0.25, 0.3) is 0 Å². The number of carbonyl (C=O) groups is 1. The van der Waals surface area contributed by atoms with Crippen LogP contribution >= 0.6 is 0 Å². The largest absolute Gasteiger partial charge is 0.444 e. The molecule has 0 aromatic carbocycles. The summed E-state index contributed by atoms with van der Waals surface area (Å²) in [6, 6.07) is 0.259. The molecule has 0 aromatic heterocycles. The molecule has 0 spiro atoms. The number of amides is 1. The first-order chi connectivity index (χ1) is 6.81. The summed E-state index contributed by atoms with van der Waals surface area (Å²) in [5.41, 5.74) is -0.406. The summed E-state index contributed by atoms with van der Waals surface area (Å²) in [5, 5.41) is 0. The Morgan fingerprint density at radius 3 is 2.20 bits per heavy atom. The average Bonchev–Trinajstić information content (AvgIpc) is 2.02. The van der Waals surface area contributed by atoms with Crippen LogP contribution in [0.25, 0.3) is 0 Å². The highest BCUT2D eigenvalue weighted by Gasteiger charge is 2.23. The summed E-state index contributed by atoms with van der Waals surface area (Å²) in [4.78, 5) is 13.6. The summed E-state index contributed by atoms with van der Waals surface area (Å²) in [7, 11) is 0. The second-order valence-electron chi connectivity index (χ2n) is 4.90. The Morgan fingerprint density at radius 1 is 1.33 bits per heavy atom. The van der Waals surface area contributed by atoms with E-state index in [4.69, 9.17) is 4.74 Å². The molecule has 0 radical (unpaired) electrons. The van der Waals surface area contributed by atoms with E-state index in [1.807, 2.05) is 27.7 Å². The average molecular weight is 215 g/mol. The normalized spacial score (nSPS) is 13.5. The van der Waals surface area contributed by atoms with Crippen molar-refractivity contribution in [3.8, 4) is 0 Å². The van der Waals surface area contributed by atoms with Crippen molar-refractivity contribution in [3.05, 3.63) is 0 Å². The molecule has 1 atom stereocenters. The molecule has 0 aromatic rings. The molecule has 90 valence electrons. The fourth-order valence-corrected chi connectivity index (χ4v) is 1.51. The summed E-state index contributed by atoms with van der Waals surface area (Å²) < 4.78 is 5.35. The molecule has 0 aliphatic heterocycles. The van der Waals surface area contributed by atoms with Gasteiger partial charge in [-0.05, 0) is 41.0 Å². The highest BCUT2D eigenvalue weighted by molar-refractivity contribution is 5.68. The maximum absolute atomic E-state index is 11.8. The zero-order valence-corrected chi connectivity index (χ0v) is 11.0. The van der Waals surface area contributed by atoms with Crippen molar-refractivity contribution in [2.75, 3.05) is 6.54 Å². The molecular formula is C12H25NO2. The van der Waals surface area contributed by atoms with Gasteiger partial charge in [-0.15, -0.1) is 0 Å². The Balaban J connectivity index is 4.34. The van der Waals surface area contributed by atoms with Crippen LogP contribution in [0.2, 0.25) is 0 Å². The summed E-state index contributed by atoms with van der Waals surface area (Å²) in [5.74, 6) is 0. The SMILES string of the molecule is CCCC(C)N(CC)C(=O)OC(C)(C)C. The van der Waals surface area contributed by atoms with E-state index >= 15 is 0 Å². The van der Waals surface area contributed by atoms with Crippen molar-refractivity contribution >= 4 is 6.09 Å². The van der Waals surface area contributed by atoms with Gasteiger partial charge in [0.05, 0.1) is 0 Å². The number of carbonyl (C=O) groups excluding carboxylic acids is 1. The maximum atomic E-state index is 11.8. The third-order valence-corrected chi connectivity index (χ3v) is 2.21. The fraction of sp³-hybridized carbons (Fsp3) is 0.917. The van der Waals surface area contributed by atoms with Crippen LogP contribution in [0.15, 0.2) is 0 Å². The van der Waals surface area contributed by atoms with Gasteiger partial charge < -0.3 is 9.64 Å². The monoisotopic (exact) mass is 215 g/mol. The lowest BCUT2D eigenvalue weighted by Crippen LogP contribution is -2.41. The second-order valence-corrected chi connectivity index (χ2v) is 4.90. The third kappa shape index (κ3) is 5.65. The molecule has 0 aliphatic carbocycles. The van der Waals surface area contributed by atoms with E-state index in [0.717, 1.165) is 12.8 Å². The van der Waals surface area contributed by atoms with E-state index in [1.54, 1.807) is 4.90 Å². The molecule has 1 unspecified atom stereocenters. The van der Waals surface area contributed by atoms with Gasteiger partial charge in [0.15, 0.2) is 0 Å². The fourth-order valence-electron chi connectivity index (χ4n) is 1.51. The topological polar surface area (TPSA) is 29.5 Å². The zero-order valence-electron chi connectivity index (χ0n) is 11.0. The van der Waals surface area contributed by atoms with Gasteiger partial charge in [-0.25, -0.2) is 4.79 Å². The first-order valence-electron chi connectivity index (χ1n) is 5.81. The molecule has 3 heteroatoms. The predicted molar refractivity (Wildman–Crippen MR) is 63.0 cm³/mol. The van der Waals surface area contributed by atoms with Gasteiger partial charge in [0.1, 0.15) is 5.60 Å². The van der Waals surface area contributed by atoms with Crippen molar-refractivity contribution in [1.29, 1.82) is 0 Å². The molecule has 0 bridgehead atoms. The second kappa shape index (κ2) is 5.99. The molecule has 3 nitrogen and oxygen atoms in total. The van der Waals surface area contributed by atoms with Crippen LogP contribution in [0.3, 0.4) is 0 Å². The Morgan fingerprint density at radius 2 is 1.87 bits per heavy atom. The molecule has 0 rings (SSSR count). The summed E-state index contributed by atoms with van der Waals surface area (Å²) in [6.45, 7) is 12.6. The van der Waals surface area contributed by atoms with Crippen LogP contribution < -0.4 is 0 Å². The Bertz CT molecular complexity index is 196. The predicted octanol–water partition coefficient (Wildman–Crippen LogP) is 3.43. The minimum absolute atomic E-state index is 0.203. The van der Waals surface area contributed by atoms with Crippen molar-refractivity contribution in [2.45, 2.75) is 66.0 Å². The van der Waals surface area contributed by atoms with Crippen LogP contribution in [0.5, 0.6) is 0 Å². The summed E-state index contributed by atoms with van der Waals surface area (Å²) in [6.07, 6.45) is 1.90. The lowest BCUT2D eigenvalue weighted by atomic mass is 10.1. The zero-order chi connectivity index (χ0) is 12.1. The van der Waals surface area contributed by atoms with E-state index < -0.39 is 5.60 Å². The van der Waals surface area contributed by atoms with Gasteiger partial charge in [-0.1, -0.05) is 13.3 Å². The van der Waals surface area contributed by atoms with Crippen molar-refractivity contribution in [3.63, 3.8) is 0 Å². The minimum atomic E-state index is -0.406. The van der Waals surface area contributed by atoms with Crippen LogP contribution in [0.4, 0.5) is 4.79 Å². The molecule has 0 fully saturated rings. The van der Waals surface area contributed by atoms with Crippen molar-refractivity contribution in [1.82, 2.24) is 4.90 Å². The van der Waals surface area contributed by atoms with Gasteiger partial charge in [0, 0.05) is 12.6 Å². The number of nitrogens with zero attached hydrogens (tertiary/aromatic N) is 1. The van der Waals surface area contributed by atoms with E-state index in [0.29, 0.717) is 6.54 Å². The third-order valence-electron chi connectivity index (χ3n) is 2.21. The Hall–Kier alpha value is -0.730. The number of hydrogen-bond donors (Lipinski definition) is 0. The van der Waals surface area contributed by atoms with Gasteiger partial charge in [-0.3, -0.25) is 0 Å². The molecule has 1 amide bonds. The maximum Gasteiger partial charge on any atom is 0.410 e. The van der Waals surface area contributed by atoms with Gasteiger partial charge >= 0.3 is 6.09 Å². The molecule has 0 saturated heterocycles. The molecule has 0 heterocycles. The van der Waals surface area contributed by atoms with Gasteiger partial charge in [0.2, 0.25) is 0 Å². The van der Waals surface area contributed by atoms with Crippen molar-refractivity contribution in [2.24, 2.45) is 0 Å². The summed E-state index contributed by atoms with van der Waals surface area (Å²) >= 11 is 0. The lowest BCUT2D eigenvalue weighted by molar-refractivity contribution is 0.0181. The molecule has 0 N–H and O–H groups in total. The van der Waals surface area contributed by atoms with Crippen LogP contribution in [0.1, 0.15) is 54.4 Å². The molecular weight excluding hydrogens is 190 g/mol. The molecule has 0 aliphatic rings. The van der Waals surface area contributed by atoms with Gasteiger partial charge in [-0.2, -0.15) is 0 Å². The minimum Gasteiger partial charge on any atom is -0.444 e. The van der Waals surface area contributed by atoms with E-state index in [1.165, 1.54) is 0 Å². The van der Waals surface area contributed by atoms with Crippen LogP contribution in [-0.2, 0) is 4.74 Å². The van der Waals surface area contributed by atoms with E-state index in [2.05, 4.69) is 13.8 Å². The highest BCUT2D eigenvalue weighted by Crippen LogP contribution is 2.13. The van der Waals surface area contributed by atoms with Crippen LogP contribution in [0, 0.1) is 0 Å². The number of hydrogen-bond acceptors (Lipinski definition) is 2. The Labute approximate surface area is 93.8 Å². The highest BCUT2D eigenvalue weighted by atomic mass is 16.6.